The van der Waals surface area contributed by atoms with Crippen molar-refractivity contribution in [3.8, 4) is 0 Å². The summed E-state index contributed by atoms with van der Waals surface area (Å²) >= 11 is 0. The minimum absolute atomic E-state index is 0.105. The summed E-state index contributed by atoms with van der Waals surface area (Å²) in [4.78, 5) is 73.0. The molecular formula is C81H158O17P2. The van der Waals surface area contributed by atoms with E-state index >= 15 is 0 Å². The molecule has 0 radical (unpaired) electrons. The maximum Gasteiger partial charge on any atom is 0.472 e. The van der Waals surface area contributed by atoms with Crippen molar-refractivity contribution in [1.82, 2.24) is 0 Å². The van der Waals surface area contributed by atoms with Crippen molar-refractivity contribution in [2.24, 2.45) is 23.7 Å². The highest BCUT2D eigenvalue weighted by molar-refractivity contribution is 7.47. The fraction of sp³-hybridized carbons (Fsp3) is 0.951. The second kappa shape index (κ2) is 70.1. The molecular weight excluding hydrogens is 1310 g/mol. The van der Waals surface area contributed by atoms with Gasteiger partial charge in [-0.25, -0.2) is 9.13 Å². The highest BCUT2D eigenvalue weighted by Crippen LogP contribution is 2.45. The summed E-state index contributed by atoms with van der Waals surface area (Å²) in [6.45, 7) is 14.3. The average molecular weight is 1470 g/mol. The van der Waals surface area contributed by atoms with Crippen LogP contribution in [0.3, 0.4) is 0 Å². The first-order chi connectivity index (χ1) is 48.1. The van der Waals surface area contributed by atoms with Gasteiger partial charge >= 0.3 is 39.5 Å². The van der Waals surface area contributed by atoms with Crippen LogP contribution in [-0.4, -0.2) is 96.7 Å². The van der Waals surface area contributed by atoms with Crippen molar-refractivity contribution in [2.75, 3.05) is 39.6 Å². The van der Waals surface area contributed by atoms with Crippen molar-refractivity contribution in [2.45, 2.75) is 433 Å². The molecule has 0 aromatic rings. The normalized spacial score (nSPS) is 14.3. The number of phosphoric ester groups is 2. The molecule has 0 aliphatic heterocycles. The predicted octanol–water partition coefficient (Wildman–Crippen LogP) is 24.0. The maximum atomic E-state index is 13.1. The van der Waals surface area contributed by atoms with E-state index in [9.17, 15) is 43.2 Å². The first-order valence-corrected chi connectivity index (χ1v) is 44.7. The van der Waals surface area contributed by atoms with Gasteiger partial charge < -0.3 is 33.8 Å². The molecule has 0 saturated carbocycles. The van der Waals surface area contributed by atoms with Crippen molar-refractivity contribution in [1.29, 1.82) is 0 Å². The number of rotatable bonds is 78. The zero-order chi connectivity index (χ0) is 73.8. The number of ether oxygens (including phenoxy) is 4. The third-order valence-corrected chi connectivity index (χ3v) is 21.1. The van der Waals surface area contributed by atoms with Gasteiger partial charge in [0, 0.05) is 25.7 Å². The molecule has 3 N–H and O–H groups in total. The van der Waals surface area contributed by atoms with Crippen LogP contribution < -0.4 is 0 Å². The van der Waals surface area contributed by atoms with Gasteiger partial charge in [0.15, 0.2) is 12.2 Å². The second-order valence-electron chi connectivity index (χ2n) is 30.8. The van der Waals surface area contributed by atoms with Gasteiger partial charge in [-0.3, -0.25) is 37.3 Å². The van der Waals surface area contributed by atoms with E-state index in [0.717, 1.165) is 114 Å². The Bertz CT molecular complexity index is 1960. The highest BCUT2D eigenvalue weighted by Gasteiger charge is 2.30. The van der Waals surface area contributed by atoms with Crippen molar-refractivity contribution in [3.05, 3.63) is 0 Å². The molecule has 19 heteroatoms. The van der Waals surface area contributed by atoms with Gasteiger partial charge in [-0.2, -0.15) is 0 Å². The molecule has 0 bridgehead atoms. The molecule has 0 heterocycles. The summed E-state index contributed by atoms with van der Waals surface area (Å²) in [5.74, 6) is 1.02. The molecule has 17 nitrogen and oxygen atoms in total. The van der Waals surface area contributed by atoms with Crippen LogP contribution in [0.4, 0.5) is 0 Å². The molecule has 0 aromatic heterocycles. The Labute approximate surface area is 613 Å². The van der Waals surface area contributed by atoms with Gasteiger partial charge in [0.2, 0.25) is 0 Å². The van der Waals surface area contributed by atoms with Crippen LogP contribution in [0, 0.1) is 23.7 Å². The number of esters is 4. The van der Waals surface area contributed by atoms with E-state index in [-0.39, 0.29) is 25.7 Å². The Balaban J connectivity index is 5.25. The average Bonchev–Trinajstić information content (AvgIpc) is 0.927. The van der Waals surface area contributed by atoms with Gasteiger partial charge in [-0.15, -0.1) is 0 Å². The van der Waals surface area contributed by atoms with Crippen LogP contribution in [0.25, 0.3) is 0 Å². The minimum Gasteiger partial charge on any atom is -0.462 e. The second-order valence-corrected chi connectivity index (χ2v) is 33.7. The van der Waals surface area contributed by atoms with Crippen LogP contribution in [-0.2, 0) is 65.4 Å². The summed E-state index contributed by atoms with van der Waals surface area (Å²) in [5, 5.41) is 10.6. The van der Waals surface area contributed by atoms with Gasteiger partial charge in [-0.05, 0) is 49.4 Å². The Kier molecular flexibility index (Phi) is 68.7. The zero-order valence-electron chi connectivity index (χ0n) is 65.8. The minimum atomic E-state index is -4.96. The zero-order valence-corrected chi connectivity index (χ0v) is 67.6. The Morgan fingerprint density at radius 2 is 0.480 bits per heavy atom. The first kappa shape index (κ1) is 98.1. The predicted molar refractivity (Wildman–Crippen MR) is 409 cm³/mol. The van der Waals surface area contributed by atoms with Crippen LogP contribution >= 0.6 is 15.6 Å². The van der Waals surface area contributed by atoms with Crippen molar-refractivity contribution < 1.29 is 80.2 Å². The first-order valence-electron chi connectivity index (χ1n) is 41.7. The lowest BCUT2D eigenvalue weighted by molar-refractivity contribution is -0.161. The fourth-order valence-corrected chi connectivity index (χ4v) is 14.0. The van der Waals surface area contributed by atoms with Gasteiger partial charge in [0.25, 0.3) is 0 Å². The summed E-state index contributed by atoms with van der Waals surface area (Å²) in [6.07, 6.45) is 56.8. The standard InChI is InChI=1S/C81H158O17P2/c1-9-74(8)60-52-44-36-27-20-16-13-14-17-21-28-37-45-53-61-78(83)91-67-76(97-80(85)63-55-47-39-29-22-18-12-10-11-15-19-25-33-41-49-57-71(2)3)69-95-99(87,88)93-65-75(82)66-94-100(89,90)96-70-77(68-92-79(84)62-54-46-38-32-31-35-43-51-59-73(6)7)98-81(86)64-56-48-40-30-24-23-26-34-42-50-58-72(4)5/h71-77,82H,9-70H2,1-8H3,(H,87,88)(H,89,90)/t74?,75?,76-,77-/m1/s1. The summed E-state index contributed by atoms with van der Waals surface area (Å²) in [6, 6.07) is 0. The number of phosphoric acid groups is 2. The van der Waals surface area contributed by atoms with Crippen LogP contribution in [0.1, 0.15) is 415 Å². The van der Waals surface area contributed by atoms with E-state index < -0.39 is 97.5 Å². The Morgan fingerprint density at radius 3 is 0.710 bits per heavy atom. The largest absolute Gasteiger partial charge is 0.472 e. The summed E-state index contributed by atoms with van der Waals surface area (Å²) in [7, 11) is -9.92. The molecule has 0 spiro atoms. The molecule has 0 aliphatic carbocycles. The molecule has 0 rings (SSSR count). The van der Waals surface area contributed by atoms with E-state index in [4.69, 9.17) is 37.0 Å². The number of aliphatic hydroxyl groups excluding tert-OH is 1. The van der Waals surface area contributed by atoms with E-state index in [1.165, 1.54) is 218 Å². The van der Waals surface area contributed by atoms with E-state index in [1.807, 2.05) is 0 Å². The molecule has 0 aromatic carbocycles. The topological polar surface area (TPSA) is 237 Å². The van der Waals surface area contributed by atoms with Crippen LogP contribution in [0.2, 0.25) is 0 Å². The lowest BCUT2D eigenvalue weighted by Gasteiger charge is -2.21. The van der Waals surface area contributed by atoms with Crippen LogP contribution in [0.15, 0.2) is 0 Å². The number of unbranched alkanes of at least 4 members (excludes halogenated alkanes) is 43. The maximum absolute atomic E-state index is 13.1. The SMILES string of the molecule is CCC(C)CCCCCCCCCCCCCCCCC(=O)OC[C@H](COP(=O)(O)OCC(O)COP(=O)(O)OC[C@@H](COC(=O)CCCCCCCCCCC(C)C)OC(=O)CCCCCCCCCCCCC(C)C)OC(=O)CCCCCCCCCCCCCCCCCC(C)C. The quantitative estimate of drug-likeness (QED) is 0.0222. The summed E-state index contributed by atoms with van der Waals surface area (Å²) in [5.41, 5.74) is 0. The fourth-order valence-electron chi connectivity index (χ4n) is 12.4. The Hall–Kier alpha value is -1.94. The van der Waals surface area contributed by atoms with E-state index in [1.54, 1.807) is 0 Å². The molecule has 100 heavy (non-hydrogen) atoms. The number of carbonyl (C=O) groups is 4. The summed E-state index contributed by atoms with van der Waals surface area (Å²) < 4.78 is 68.7. The number of carbonyl (C=O) groups excluding carboxylic acids is 4. The Morgan fingerprint density at radius 1 is 0.280 bits per heavy atom. The van der Waals surface area contributed by atoms with Gasteiger partial charge in [0.05, 0.1) is 26.4 Å². The molecule has 0 amide bonds. The number of hydrogen-bond donors (Lipinski definition) is 3. The van der Waals surface area contributed by atoms with Crippen LogP contribution in [0.5, 0.6) is 0 Å². The molecule has 4 unspecified atom stereocenters. The van der Waals surface area contributed by atoms with E-state index in [2.05, 4.69) is 55.4 Å². The number of aliphatic hydroxyl groups is 1. The molecule has 6 atom stereocenters. The monoisotopic (exact) mass is 1470 g/mol. The smallest absolute Gasteiger partial charge is 0.462 e. The molecule has 0 saturated heterocycles. The highest BCUT2D eigenvalue weighted by atomic mass is 31.2. The van der Waals surface area contributed by atoms with Crippen molar-refractivity contribution >= 4 is 39.5 Å². The van der Waals surface area contributed by atoms with Gasteiger partial charge in [-0.1, -0.05) is 364 Å². The third kappa shape index (κ3) is 73.0. The molecule has 594 valence electrons. The molecule has 0 fully saturated rings. The van der Waals surface area contributed by atoms with E-state index in [0.29, 0.717) is 25.7 Å². The lowest BCUT2D eigenvalue weighted by atomic mass is 9.99. The van der Waals surface area contributed by atoms with Crippen molar-refractivity contribution in [3.63, 3.8) is 0 Å². The third-order valence-electron chi connectivity index (χ3n) is 19.2. The molecule has 0 aliphatic rings. The van der Waals surface area contributed by atoms with Gasteiger partial charge in [0.1, 0.15) is 19.3 Å². The lowest BCUT2D eigenvalue weighted by Crippen LogP contribution is -2.30. The number of hydrogen-bond acceptors (Lipinski definition) is 15.